The first kappa shape index (κ1) is 20.0. The van der Waals surface area contributed by atoms with Crippen LogP contribution in [0.15, 0.2) is 11.8 Å². The smallest absolute Gasteiger partial charge is 0.203 e. The summed E-state index contributed by atoms with van der Waals surface area (Å²) in [6.07, 6.45) is -0.847. The first-order valence-electron chi connectivity index (χ1n) is 10.00. The number of rotatable bonds is 1. The predicted octanol–water partition coefficient (Wildman–Crippen LogP) is 0.802. The summed E-state index contributed by atoms with van der Waals surface area (Å²) in [5, 5.41) is 32.2. The van der Waals surface area contributed by atoms with Crippen LogP contribution in [0.4, 0.5) is 0 Å². The van der Waals surface area contributed by atoms with Crippen molar-refractivity contribution in [2.24, 2.45) is 34.5 Å². The molecule has 4 aliphatic rings. The van der Waals surface area contributed by atoms with Crippen LogP contribution in [0, 0.1) is 34.5 Å². The first-order valence-corrected chi connectivity index (χ1v) is 10.00. The summed E-state index contributed by atoms with van der Waals surface area (Å²) in [7, 11) is 1.44. The Balaban J connectivity index is 1.95. The van der Waals surface area contributed by atoms with Gasteiger partial charge >= 0.3 is 0 Å². The van der Waals surface area contributed by atoms with E-state index < -0.39 is 52.5 Å². The van der Waals surface area contributed by atoms with E-state index in [1.807, 2.05) is 13.8 Å². The molecule has 10 atom stereocenters. The van der Waals surface area contributed by atoms with Crippen LogP contribution in [0.3, 0.4) is 0 Å². The lowest BCUT2D eigenvalue weighted by atomic mass is 9.38. The lowest BCUT2D eigenvalue weighted by molar-refractivity contribution is -0.317. The van der Waals surface area contributed by atoms with Crippen molar-refractivity contribution in [3.05, 3.63) is 11.8 Å². The molecule has 0 aromatic heterocycles. The zero-order valence-corrected chi connectivity index (χ0v) is 17.0. The molecule has 3 aliphatic carbocycles. The van der Waals surface area contributed by atoms with Crippen LogP contribution in [0.1, 0.15) is 40.5 Å². The van der Waals surface area contributed by atoms with Crippen molar-refractivity contribution >= 4 is 11.6 Å². The van der Waals surface area contributed by atoms with Crippen molar-refractivity contribution in [2.45, 2.75) is 64.6 Å². The van der Waals surface area contributed by atoms with E-state index in [1.54, 1.807) is 13.0 Å². The van der Waals surface area contributed by atoms with Gasteiger partial charge in [0.1, 0.15) is 6.10 Å². The maximum Gasteiger partial charge on any atom is 0.203 e. The van der Waals surface area contributed by atoms with Crippen molar-refractivity contribution in [1.82, 2.24) is 0 Å². The van der Waals surface area contributed by atoms with E-state index in [0.717, 1.165) is 0 Å². The van der Waals surface area contributed by atoms with Crippen molar-refractivity contribution < 1.29 is 34.4 Å². The molecule has 7 nitrogen and oxygen atoms in total. The number of ketones is 2. The number of aliphatic hydroxyl groups excluding tert-OH is 2. The molecule has 0 unspecified atom stereocenters. The van der Waals surface area contributed by atoms with Gasteiger partial charge in [-0.25, -0.2) is 0 Å². The summed E-state index contributed by atoms with van der Waals surface area (Å²) in [4.78, 5) is 26.9. The lowest BCUT2D eigenvalue weighted by Crippen LogP contribution is -2.76. The third kappa shape index (κ3) is 2.13. The van der Waals surface area contributed by atoms with E-state index in [4.69, 9.17) is 9.47 Å². The minimum Gasteiger partial charge on any atom is -0.493 e. The van der Waals surface area contributed by atoms with Crippen LogP contribution in [-0.2, 0) is 19.1 Å². The first-order chi connectivity index (χ1) is 12.9. The Labute approximate surface area is 164 Å². The number of fused-ring (bicyclic) bond motifs is 2. The molecule has 0 aromatic rings. The summed E-state index contributed by atoms with van der Waals surface area (Å²) in [6, 6.07) is 0. The van der Waals surface area contributed by atoms with Gasteiger partial charge in [0.05, 0.1) is 18.8 Å². The minimum atomic E-state index is -1.71. The fourth-order valence-electron chi connectivity index (χ4n) is 7.13. The number of hydrogen-bond donors (Lipinski definition) is 3. The Morgan fingerprint density at radius 1 is 1.18 bits per heavy atom. The molecule has 2 saturated carbocycles. The monoisotopic (exact) mass is 394 g/mol. The summed E-state index contributed by atoms with van der Waals surface area (Å²) in [5.74, 6) is -2.22. The molecule has 0 spiro atoms. The molecule has 3 fully saturated rings. The highest BCUT2D eigenvalue weighted by atomic mass is 16.6. The zero-order chi connectivity index (χ0) is 20.8. The highest BCUT2D eigenvalue weighted by molar-refractivity contribution is 6.04. The van der Waals surface area contributed by atoms with E-state index in [9.17, 15) is 24.9 Å². The highest BCUT2D eigenvalue weighted by Gasteiger charge is 2.75. The van der Waals surface area contributed by atoms with Gasteiger partial charge < -0.3 is 24.8 Å². The van der Waals surface area contributed by atoms with Crippen molar-refractivity contribution in [3.8, 4) is 0 Å². The van der Waals surface area contributed by atoms with Gasteiger partial charge in [-0.15, -0.1) is 0 Å². The topological polar surface area (TPSA) is 113 Å². The molecule has 1 aliphatic heterocycles. The number of hydrogen-bond acceptors (Lipinski definition) is 7. The second-order valence-electron chi connectivity index (χ2n) is 9.75. The third-order valence-corrected chi connectivity index (χ3v) is 8.46. The van der Waals surface area contributed by atoms with Gasteiger partial charge in [-0.3, -0.25) is 9.59 Å². The molecule has 7 heteroatoms. The number of aliphatic hydroxyl groups is 3. The fraction of sp³-hybridized carbons (Fsp3) is 0.810. The molecule has 0 amide bonds. The maximum absolute atomic E-state index is 13.5. The molecule has 1 saturated heterocycles. The Morgan fingerprint density at radius 3 is 2.43 bits per heavy atom. The van der Waals surface area contributed by atoms with Crippen molar-refractivity contribution in [3.63, 3.8) is 0 Å². The van der Waals surface area contributed by atoms with Crippen LogP contribution in [0.25, 0.3) is 0 Å². The molecule has 1 heterocycles. The van der Waals surface area contributed by atoms with Crippen LogP contribution in [0.5, 0.6) is 0 Å². The SMILES string of the molecule is COC1=C[C@@H](C)[C@@H]2C[C@H]3O[C@H](O)C[C@H]4[C@](C)(O)[C@@H](O)C(=O)[C@H]([C@@]2(C)C1=O)[C@@]34C. The molecule has 156 valence electrons. The number of carbonyl (C=O) groups is 2. The van der Waals surface area contributed by atoms with Gasteiger partial charge in [0, 0.05) is 29.1 Å². The van der Waals surface area contributed by atoms with Crippen LogP contribution in [0.2, 0.25) is 0 Å². The Morgan fingerprint density at radius 2 is 1.82 bits per heavy atom. The molecule has 28 heavy (non-hydrogen) atoms. The maximum atomic E-state index is 13.5. The van der Waals surface area contributed by atoms with Gasteiger partial charge in [0.15, 0.2) is 17.8 Å². The van der Waals surface area contributed by atoms with Crippen LogP contribution >= 0.6 is 0 Å². The Kier molecular flexibility index (Phi) is 4.20. The van der Waals surface area contributed by atoms with E-state index in [0.29, 0.717) is 6.42 Å². The van der Waals surface area contributed by atoms with Crippen molar-refractivity contribution in [2.75, 3.05) is 7.11 Å². The number of methoxy groups -OCH3 is 1. The average Bonchev–Trinajstić information content (AvgIpc) is 2.62. The van der Waals surface area contributed by atoms with E-state index in [2.05, 4.69) is 0 Å². The number of Topliss-reactive ketones (excluding diaryl/α,β-unsaturated/α-hetero) is 2. The van der Waals surface area contributed by atoms with Crippen molar-refractivity contribution in [1.29, 1.82) is 0 Å². The normalized spacial score (nSPS) is 55.9. The van der Waals surface area contributed by atoms with Gasteiger partial charge in [0.25, 0.3) is 0 Å². The zero-order valence-electron chi connectivity index (χ0n) is 17.0. The Bertz CT molecular complexity index is 758. The average molecular weight is 394 g/mol. The fourth-order valence-corrected chi connectivity index (χ4v) is 7.13. The largest absolute Gasteiger partial charge is 0.493 e. The number of carbonyl (C=O) groups excluding carboxylic acids is 2. The van der Waals surface area contributed by atoms with E-state index in [-0.39, 0.29) is 29.8 Å². The summed E-state index contributed by atoms with van der Waals surface area (Å²) >= 11 is 0. The molecule has 0 bridgehead atoms. The summed E-state index contributed by atoms with van der Waals surface area (Å²) in [6.45, 7) is 7.08. The number of ether oxygens (including phenoxy) is 2. The molecular weight excluding hydrogens is 364 g/mol. The summed E-state index contributed by atoms with van der Waals surface area (Å²) < 4.78 is 11.2. The highest BCUT2D eigenvalue weighted by Crippen LogP contribution is 2.68. The quantitative estimate of drug-likeness (QED) is 0.603. The Hall–Kier alpha value is -1.28. The molecule has 0 radical (unpaired) electrons. The van der Waals surface area contributed by atoms with Gasteiger partial charge in [-0.2, -0.15) is 0 Å². The lowest BCUT2D eigenvalue weighted by Gasteiger charge is -2.68. The van der Waals surface area contributed by atoms with Crippen LogP contribution in [-0.4, -0.2) is 58.1 Å². The van der Waals surface area contributed by atoms with E-state index >= 15 is 0 Å². The number of allylic oxidation sites excluding steroid dienone is 2. The summed E-state index contributed by atoms with van der Waals surface area (Å²) in [5.41, 5.74) is -3.68. The van der Waals surface area contributed by atoms with Gasteiger partial charge in [-0.1, -0.05) is 20.8 Å². The van der Waals surface area contributed by atoms with Gasteiger partial charge in [-0.05, 0) is 31.3 Å². The van der Waals surface area contributed by atoms with Gasteiger partial charge in [0.2, 0.25) is 5.78 Å². The molecule has 3 N–H and O–H groups in total. The minimum absolute atomic E-state index is 0.0456. The molecule has 0 aromatic carbocycles. The second kappa shape index (κ2) is 5.88. The third-order valence-electron chi connectivity index (χ3n) is 8.46. The molecule has 4 rings (SSSR count). The van der Waals surface area contributed by atoms with E-state index in [1.165, 1.54) is 14.0 Å². The van der Waals surface area contributed by atoms with Crippen LogP contribution < -0.4 is 0 Å². The second-order valence-corrected chi connectivity index (χ2v) is 9.75. The molecular formula is C21H30O7. The predicted molar refractivity (Wildman–Crippen MR) is 97.7 cm³/mol. The standard InChI is InChI=1S/C21H30O7/c1-9-6-11(27-5)17(24)19(2)10(9)7-13-20(3)12(8-14(22)28-13)21(4,26)18(25)15(23)16(19)20/h6,9-10,12-14,16,18,22,25-26H,7-8H2,1-5H3/t9-,10+,12-,13-,14+,16-,18+,19+,20-,21+/m1/s1.